The van der Waals surface area contributed by atoms with Crippen molar-refractivity contribution in [3.63, 3.8) is 0 Å². The Morgan fingerprint density at radius 3 is 2.93 bits per heavy atom. The molecule has 0 spiro atoms. The quantitative estimate of drug-likeness (QED) is 0.803. The molecule has 5 heteroatoms. The Balaban J connectivity index is 2.52. The molecule has 0 amide bonds. The van der Waals surface area contributed by atoms with Gasteiger partial charge >= 0.3 is 0 Å². The van der Waals surface area contributed by atoms with Gasteiger partial charge in [-0.3, -0.25) is 0 Å². The van der Waals surface area contributed by atoms with Crippen molar-refractivity contribution in [1.29, 1.82) is 0 Å². The lowest BCUT2D eigenvalue weighted by atomic mass is 10.3. The number of pyridine rings is 1. The molecule has 1 rings (SSSR count). The second-order valence-electron chi connectivity index (χ2n) is 3.02. The highest BCUT2D eigenvalue weighted by molar-refractivity contribution is 9.10. The molecule has 0 radical (unpaired) electrons. The lowest BCUT2D eigenvalue weighted by Gasteiger charge is -2.08. The highest BCUT2D eigenvalue weighted by Gasteiger charge is 2.04. The highest BCUT2D eigenvalue weighted by Crippen LogP contribution is 2.19. The molecule has 0 bridgehead atoms. The third kappa shape index (κ3) is 4.15. The summed E-state index contributed by atoms with van der Waals surface area (Å²) >= 11 is 3.34. The van der Waals surface area contributed by atoms with Crippen molar-refractivity contribution >= 4 is 15.9 Å². The Hall–Kier alpha value is -0.650. The number of nitrogens with zero attached hydrogens (tertiary/aromatic N) is 1. The highest BCUT2D eigenvalue weighted by atomic mass is 79.9. The molecule has 0 aliphatic heterocycles. The molecule has 0 aliphatic rings. The molecule has 1 aromatic heterocycles. The molecule has 2 N–H and O–H groups in total. The predicted molar refractivity (Wildman–Crippen MR) is 61.8 cm³/mol. The van der Waals surface area contributed by atoms with Crippen LogP contribution in [-0.4, -0.2) is 25.3 Å². The van der Waals surface area contributed by atoms with Gasteiger partial charge in [0.2, 0.25) is 5.88 Å². The maximum absolute atomic E-state index is 5.58. The summed E-state index contributed by atoms with van der Waals surface area (Å²) in [7, 11) is 1.67. The SMILES string of the molecule is COCCCOc1ncc(Br)cc1CN. The Kier molecular flexibility index (Phi) is 5.60. The van der Waals surface area contributed by atoms with E-state index >= 15 is 0 Å². The Morgan fingerprint density at radius 1 is 1.47 bits per heavy atom. The van der Waals surface area contributed by atoms with Crippen LogP contribution < -0.4 is 10.5 Å². The Bertz CT molecular complexity index is 307. The lowest BCUT2D eigenvalue weighted by Crippen LogP contribution is -2.07. The summed E-state index contributed by atoms with van der Waals surface area (Å²) in [6.45, 7) is 1.70. The van der Waals surface area contributed by atoms with Crippen LogP contribution in [0.2, 0.25) is 0 Å². The van der Waals surface area contributed by atoms with Crippen molar-refractivity contribution in [2.75, 3.05) is 20.3 Å². The molecule has 4 nitrogen and oxygen atoms in total. The van der Waals surface area contributed by atoms with E-state index in [4.69, 9.17) is 15.2 Å². The van der Waals surface area contributed by atoms with E-state index in [1.54, 1.807) is 13.3 Å². The number of rotatable bonds is 6. The van der Waals surface area contributed by atoms with Gasteiger partial charge in [0.1, 0.15) is 0 Å². The largest absolute Gasteiger partial charge is 0.477 e. The number of hydrogen-bond acceptors (Lipinski definition) is 4. The van der Waals surface area contributed by atoms with Crippen LogP contribution in [0.3, 0.4) is 0 Å². The molecule has 0 atom stereocenters. The van der Waals surface area contributed by atoms with Crippen molar-refractivity contribution < 1.29 is 9.47 Å². The number of nitrogens with two attached hydrogens (primary N) is 1. The van der Waals surface area contributed by atoms with Crippen LogP contribution in [0, 0.1) is 0 Å². The summed E-state index contributed by atoms with van der Waals surface area (Å²) < 4.78 is 11.3. The maximum atomic E-state index is 5.58. The summed E-state index contributed by atoms with van der Waals surface area (Å²) in [6.07, 6.45) is 2.54. The monoisotopic (exact) mass is 274 g/mol. The van der Waals surface area contributed by atoms with Gasteiger partial charge < -0.3 is 15.2 Å². The fraction of sp³-hybridized carbons (Fsp3) is 0.500. The molecule has 0 aliphatic carbocycles. The molecule has 1 heterocycles. The number of ether oxygens (including phenoxy) is 2. The van der Waals surface area contributed by atoms with Crippen LogP contribution >= 0.6 is 15.9 Å². The molecule has 0 unspecified atom stereocenters. The average molecular weight is 275 g/mol. The first-order chi connectivity index (χ1) is 7.27. The van der Waals surface area contributed by atoms with E-state index in [0.29, 0.717) is 25.6 Å². The number of methoxy groups -OCH3 is 1. The minimum atomic E-state index is 0.423. The van der Waals surface area contributed by atoms with Crippen molar-refractivity contribution in [1.82, 2.24) is 4.98 Å². The van der Waals surface area contributed by atoms with E-state index in [2.05, 4.69) is 20.9 Å². The van der Waals surface area contributed by atoms with Crippen LogP contribution in [0.15, 0.2) is 16.7 Å². The predicted octanol–water partition coefficient (Wildman–Crippen LogP) is 1.72. The minimum absolute atomic E-state index is 0.423. The van der Waals surface area contributed by atoms with E-state index in [1.807, 2.05) is 6.07 Å². The minimum Gasteiger partial charge on any atom is -0.477 e. The second-order valence-corrected chi connectivity index (χ2v) is 3.93. The summed E-state index contributed by atoms with van der Waals surface area (Å²) in [5.41, 5.74) is 6.49. The van der Waals surface area contributed by atoms with E-state index < -0.39 is 0 Å². The lowest BCUT2D eigenvalue weighted by molar-refractivity contribution is 0.170. The molecule has 0 saturated carbocycles. The van der Waals surface area contributed by atoms with Crippen LogP contribution in [0.25, 0.3) is 0 Å². The molecule has 1 aromatic rings. The van der Waals surface area contributed by atoms with Gasteiger partial charge in [-0.1, -0.05) is 0 Å². The van der Waals surface area contributed by atoms with Gasteiger partial charge in [0.05, 0.1) is 6.61 Å². The van der Waals surface area contributed by atoms with Gasteiger partial charge in [0.15, 0.2) is 0 Å². The number of aromatic nitrogens is 1. The number of halogens is 1. The van der Waals surface area contributed by atoms with Crippen LogP contribution in [0.1, 0.15) is 12.0 Å². The van der Waals surface area contributed by atoms with Gasteiger partial charge in [-0.15, -0.1) is 0 Å². The smallest absolute Gasteiger partial charge is 0.217 e. The fourth-order valence-corrected chi connectivity index (χ4v) is 1.50. The fourth-order valence-electron chi connectivity index (χ4n) is 1.12. The molecule has 0 saturated heterocycles. The zero-order valence-corrected chi connectivity index (χ0v) is 10.3. The van der Waals surface area contributed by atoms with Crippen LogP contribution in [0.4, 0.5) is 0 Å². The molecular formula is C10H15BrN2O2. The first-order valence-corrected chi connectivity index (χ1v) is 5.53. The molecule has 15 heavy (non-hydrogen) atoms. The third-order valence-corrected chi connectivity index (χ3v) is 2.28. The maximum Gasteiger partial charge on any atom is 0.217 e. The molecule has 0 fully saturated rings. The average Bonchev–Trinajstić information content (AvgIpc) is 2.26. The molecule has 0 aromatic carbocycles. The van der Waals surface area contributed by atoms with Gasteiger partial charge in [0.25, 0.3) is 0 Å². The van der Waals surface area contributed by atoms with Crippen LogP contribution in [-0.2, 0) is 11.3 Å². The zero-order valence-electron chi connectivity index (χ0n) is 8.70. The Labute approximate surface area is 97.9 Å². The van der Waals surface area contributed by atoms with Crippen molar-refractivity contribution in [2.45, 2.75) is 13.0 Å². The van der Waals surface area contributed by atoms with Crippen molar-refractivity contribution in [2.24, 2.45) is 5.73 Å². The van der Waals surface area contributed by atoms with E-state index in [9.17, 15) is 0 Å². The van der Waals surface area contributed by atoms with Crippen molar-refractivity contribution in [3.05, 3.63) is 22.3 Å². The summed E-state index contributed by atoms with van der Waals surface area (Å²) in [5, 5.41) is 0. The molecule has 84 valence electrons. The molecular weight excluding hydrogens is 260 g/mol. The summed E-state index contributed by atoms with van der Waals surface area (Å²) in [6, 6.07) is 1.92. The van der Waals surface area contributed by atoms with E-state index in [-0.39, 0.29) is 0 Å². The van der Waals surface area contributed by atoms with Gasteiger partial charge in [-0.2, -0.15) is 0 Å². The first-order valence-electron chi connectivity index (χ1n) is 4.74. The van der Waals surface area contributed by atoms with Gasteiger partial charge in [0, 0.05) is 42.9 Å². The van der Waals surface area contributed by atoms with E-state index in [0.717, 1.165) is 16.5 Å². The summed E-state index contributed by atoms with van der Waals surface area (Å²) in [4.78, 5) is 4.16. The number of hydrogen-bond donors (Lipinski definition) is 1. The normalized spacial score (nSPS) is 10.3. The van der Waals surface area contributed by atoms with Crippen molar-refractivity contribution in [3.8, 4) is 5.88 Å². The Morgan fingerprint density at radius 2 is 2.27 bits per heavy atom. The third-order valence-electron chi connectivity index (χ3n) is 1.84. The second kappa shape index (κ2) is 6.76. The van der Waals surface area contributed by atoms with Gasteiger partial charge in [-0.05, 0) is 22.0 Å². The summed E-state index contributed by atoms with van der Waals surface area (Å²) in [5.74, 6) is 0.608. The van der Waals surface area contributed by atoms with Crippen LogP contribution in [0.5, 0.6) is 5.88 Å². The van der Waals surface area contributed by atoms with Gasteiger partial charge in [-0.25, -0.2) is 4.98 Å². The van der Waals surface area contributed by atoms with E-state index in [1.165, 1.54) is 0 Å². The standard InChI is InChI=1S/C10H15BrN2O2/c1-14-3-2-4-15-10-8(6-12)5-9(11)7-13-10/h5,7H,2-4,6,12H2,1H3. The topological polar surface area (TPSA) is 57.4 Å². The first kappa shape index (κ1) is 12.4. The zero-order chi connectivity index (χ0) is 11.1.